The molecule has 0 atom stereocenters. The first-order valence-corrected chi connectivity index (χ1v) is 16.0. The van der Waals surface area contributed by atoms with E-state index >= 15 is 0 Å². The van der Waals surface area contributed by atoms with Crippen LogP contribution in [-0.2, 0) is 42.7 Å². The molecule has 16 heteroatoms. The zero-order chi connectivity index (χ0) is 33.8. The van der Waals surface area contributed by atoms with Crippen LogP contribution in [-0.4, -0.2) is 89.6 Å². The minimum Gasteiger partial charge on any atom is -0.497 e. The number of hydrogen-bond acceptors (Lipinski definition) is 10. The lowest BCUT2D eigenvalue weighted by molar-refractivity contribution is -0.137. The Balaban J connectivity index is 0.00000226. The van der Waals surface area contributed by atoms with E-state index in [1.165, 1.54) is 69.1 Å². The first kappa shape index (κ1) is 36.8. The second-order valence-corrected chi connectivity index (χ2v) is 12.8. The van der Waals surface area contributed by atoms with E-state index in [1.807, 2.05) is 0 Å². The topological polar surface area (TPSA) is 186 Å². The number of rotatable bonds is 15. The molecule has 0 saturated heterocycles. The van der Waals surface area contributed by atoms with Gasteiger partial charge in [-0.05, 0) is 35.4 Å². The first-order valence-electron chi connectivity index (χ1n) is 13.1. The van der Waals surface area contributed by atoms with Crippen LogP contribution in [0, 0.1) is 0 Å². The van der Waals surface area contributed by atoms with Crippen molar-refractivity contribution in [2.45, 2.75) is 29.8 Å². The lowest BCUT2D eigenvalue weighted by Gasteiger charge is -2.25. The van der Waals surface area contributed by atoms with E-state index < -0.39 is 32.6 Å². The second kappa shape index (κ2) is 16.6. The van der Waals surface area contributed by atoms with Gasteiger partial charge in [0.1, 0.15) is 39.3 Å². The molecule has 0 amide bonds. The molecule has 3 aromatic carbocycles. The molecule has 0 saturated carbocycles. The molecule has 0 aliphatic carbocycles. The number of ether oxygens (including phenoxy) is 4. The zero-order valence-corrected chi connectivity index (χ0v) is 27.0. The van der Waals surface area contributed by atoms with Gasteiger partial charge in [0.25, 0.3) is 6.47 Å². The Hall–Kier alpha value is -4.38. The van der Waals surface area contributed by atoms with Gasteiger partial charge in [0, 0.05) is 31.8 Å². The average Bonchev–Trinajstić information content (AvgIpc) is 3.03. The van der Waals surface area contributed by atoms with Crippen LogP contribution < -0.4 is 18.9 Å². The smallest absolute Gasteiger partial charge is 0.318 e. The van der Waals surface area contributed by atoms with E-state index in [0.29, 0.717) is 22.6 Å². The van der Waals surface area contributed by atoms with E-state index in [9.17, 15) is 26.7 Å². The monoisotopic (exact) mass is 668 g/mol. The van der Waals surface area contributed by atoms with Crippen LogP contribution in [0.15, 0.2) is 70.5 Å². The van der Waals surface area contributed by atoms with Crippen molar-refractivity contribution in [2.75, 3.05) is 41.5 Å². The molecule has 0 unspecified atom stereocenters. The van der Waals surface area contributed by atoms with Crippen molar-refractivity contribution in [1.29, 1.82) is 0 Å². The van der Waals surface area contributed by atoms with Crippen molar-refractivity contribution in [2.24, 2.45) is 0 Å². The summed E-state index contributed by atoms with van der Waals surface area (Å²) >= 11 is 0. The second-order valence-electron chi connectivity index (χ2n) is 9.01. The summed E-state index contributed by atoms with van der Waals surface area (Å²) in [7, 11) is -2.94. The van der Waals surface area contributed by atoms with Gasteiger partial charge in [-0.25, -0.2) is 16.8 Å². The predicted octanol–water partition coefficient (Wildman–Crippen LogP) is 2.91. The van der Waals surface area contributed by atoms with Crippen LogP contribution >= 0.6 is 0 Å². The Labute approximate surface area is 262 Å². The zero-order valence-electron chi connectivity index (χ0n) is 25.4. The molecule has 3 aromatic rings. The summed E-state index contributed by atoms with van der Waals surface area (Å²) in [4.78, 5) is 19.8. The van der Waals surface area contributed by atoms with Gasteiger partial charge < -0.3 is 29.2 Å². The van der Waals surface area contributed by atoms with E-state index in [2.05, 4.69) is 0 Å². The van der Waals surface area contributed by atoms with Gasteiger partial charge in [-0.15, -0.1) is 0 Å². The maximum absolute atomic E-state index is 13.7. The minimum absolute atomic E-state index is 0.0188. The highest BCUT2D eigenvalue weighted by molar-refractivity contribution is 7.89. The van der Waals surface area contributed by atoms with Crippen molar-refractivity contribution in [3.63, 3.8) is 0 Å². The first-order chi connectivity index (χ1) is 21.3. The molecule has 0 bridgehead atoms. The fourth-order valence-electron chi connectivity index (χ4n) is 4.24. The van der Waals surface area contributed by atoms with Gasteiger partial charge >= 0.3 is 5.97 Å². The van der Waals surface area contributed by atoms with E-state index in [0.717, 1.165) is 4.31 Å². The highest BCUT2D eigenvalue weighted by Crippen LogP contribution is 2.33. The molecule has 0 aromatic heterocycles. The Morgan fingerprint density at radius 2 is 1.13 bits per heavy atom. The Bertz CT molecular complexity index is 1680. The fraction of sp³-hybridized carbons (Fsp3) is 0.310. The van der Waals surface area contributed by atoms with Gasteiger partial charge in [-0.1, -0.05) is 31.2 Å². The summed E-state index contributed by atoms with van der Waals surface area (Å²) in [5, 5.41) is 16.5. The van der Waals surface area contributed by atoms with E-state index in [1.54, 1.807) is 31.2 Å². The molecule has 45 heavy (non-hydrogen) atoms. The molecule has 3 rings (SSSR count). The number of hydrogen-bond donors (Lipinski definition) is 2. The third kappa shape index (κ3) is 9.07. The number of aliphatic carboxylic acids is 1. The molecule has 14 nitrogen and oxygen atoms in total. The Kier molecular flexibility index (Phi) is 13.6. The highest BCUT2D eigenvalue weighted by Gasteiger charge is 2.32. The van der Waals surface area contributed by atoms with Crippen LogP contribution in [0.3, 0.4) is 0 Å². The highest BCUT2D eigenvalue weighted by atomic mass is 32.2. The fourth-order valence-corrected chi connectivity index (χ4v) is 7.31. The van der Waals surface area contributed by atoms with Crippen LogP contribution in [0.4, 0.5) is 0 Å². The third-order valence-electron chi connectivity index (χ3n) is 6.45. The van der Waals surface area contributed by atoms with Crippen molar-refractivity contribution < 1.29 is 55.6 Å². The molecule has 0 aliphatic heterocycles. The summed E-state index contributed by atoms with van der Waals surface area (Å²) in [6, 6.07) is 15.1. The molecular weight excluding hydrogens is 632 g/mol. The predicted molar refractivity (Wildman–Crippen MR) is 163 cm³/mol. The van der Waals surface area contributed by atoms with Crippen LogP contribution in [0.2, 0.25) is 0 Å². The minimum atomic E-state index is -4.39. The number of carboxylic acid groups (broad SMARTS) is 2. The lowest BCUT2D eigenvalue weighted by Crippen LogP contribution is -2.36. The van der Waals surface area contributed by atoms with Crippen molar-refractivity contribution >= 4 is 32.5 Å². The molecule has 0 radical (unpaired) electrons. The maximum atomic E-state index is 13.7. The van der Waals surface area contributed by atoms with Crippen molar-refractivity contribution in [3.8, 4) is 23.0 Å². The SMILES string of the molecule is CCN(Cc1ccccc1CN(CC(=O)O)S(=O)(=O)c1ccc(OC)cc1OC)S(=O)(=O)c1ccc(OC)cc1OC.O=CO. The van der Waals surface area contributed by atoms with Crippen LogP contribution in [0.25, 0.3) is 0 Å². The molecule has 0 heterocycles. The maximum Gasteiger partial charge on any atom is 0.318 e. The normalized spacial score (nSPS) is 11.4. The average molecular weight is 669 g/mol. The van der Waals surface area contributed by atoms with Crippen molar-refractivity contribution in [3.05, 3.63) is 71.8 Å². The Morgan fingerprint density at radius 3 is 1.49 bits per heavy atom. The number of carbonyl (C=O) groups is 2. The lowest BCUT2D eigenvalue weighted by atomic mass is 10.1. The number of sulfonamides is 2. The summed E-state index contributed by atoms with van der Waals surface area (Å²) in [6.07, 6.45) is 0. The number of carboxylic acids is 1. The summed E-state index contributed by atoms with van der Waals surface area (Å²) in [5.41, 5.74) is 0.910. The van der Waals surface area contributed by atoms with Gasteiger partial charge in [0.05, 0.1) is 28.4 Å². The molecule has 0 spiro atoms. The summed E-state index contributed by atoms with van der Waals surface area (Å²) in [5.74, 6) is -0.501. The standard InChI is InChI=1S/C28H34N2O10S2.CH2O2/c1-6-29(41(33,34)26-13-11-22(37-2)15-24(26)39-4)17-20-9-7-8-10-21(20)18-30(19-28(31)32)42(35,36)27-14-12-23(38-3)16-25(27)40-5;2-1-3/h7-16H,6,17-19H2,1-5H3,(H,31,32);1H,(H,2,3). The van der Waals surface area contributed by atoms with Crippen LogP contribution in [0.1, 0.15) is 18.1 Å². The number of nitrogens with zero attached hydrogens (tertiary/aromatic N) is 2. The quantitative estimate of drug-likeness (QED) is 0.226. The largest absolute Gasteiger partial charge is 0.497 e. The van der Waals surface area contributed by atoms with E-state index in [4.69, 9.17) is 28.8 Å². The molecule has 246 valence electrons. The van der Waals surface area contributed by atoms with Gasteiger partial charge in [-0.3, -0.25) is 9.59 Å². The van der Waals surface area contributed by atoms with E-state index in [-0.39, 0.29) is 47.4 Å². The Morgan fingerprint density at radius 1 is 0.733 bits per heavy atom. The van der Waals surface area contributed by atoms with Gasteiger partial charge in [0.15, 0.2) is 0 Å². The van der Waals surface area contributed by atoms with Gasteiger partial charge in [0.2, 0.25) is 20.0 Å². The molecular formula is C29H36N2O12S2. The number of benzene rings is 3. The molecule has 0 fully saturated rings. The molecule has 0 aliphatic rings. The van der Waals surface area contributed by atoms with Gasteiger partial charge in [-0.2, -0.15) is 8.61 Å². The number of methoxy groups -OCH3 is 4. The third-order valence-corrected chi connectivity index (χ3v) is 10.2. The summed E-state index contributed by atoms with van der Waals surface area (Å²) < 4.78 is 77.7. The summed E-state index contributed by atoms with van der Waals surface area (Å²) in [6.45, 7) is 0.213. The van der Waals surface area contributed by atoms with Crippen molar-refractivity contribution in [1.82, 2.24) is 8.61 Å². The molecule has 2 N–H and O–H groups in total. The van der Waals surface area contributed by atoms with Crippen LogP contribution in [0.5, 0.6) is 23.0 Å².